The van der Waals surface area contributed by atoms with Crippen molar-refractivity contribution in [3.63, 3.8) is 0 Å². The van der Waals surface area contributed by atoms with Crippen LogP contribution in [0.4, 0.5) is 4.79 Å². The van der Waals surface area contributed by atoms with Gasteiger partial charge in [0.25, 0.3) is 0 Å². The molecule has 8 aromatic rings. The first-order valence-electron chi connectivity index (χ1n) is 18.2. The molecular formula is C48H40N2O4. The highest BCUT2D eigenvalue weighted by atomic mass is 16.7. The van der Waals surface area contributed by atoms with E-state index < -0.39 is 17.2 Å². The third kappa shape index (κ3) is 6.26. The van der Waals surface area contributed by atoms with Crippen molar-refractivity contribution in [2.45, 2.75) is 37.9 Å². The van der Waals surface area contributed by atoms with E-state index in [2.05, 4.69) is 9.97 Å². The molecule has 6 heteroatoms. The molecule has 0 amide bonds. The van der Waals surface area contributed by atoms with Crippen LogP contribution in [0.3, 0.4) is 0 Å². The number of benzene rings is 6. The Kier molecular flexibility index (Phi) is 9.18. The van der Waals surface area contributed by atoms with Gasteiger partial charge in [-0.3, -0.25) is 4.79 Å². The fourth-order valence-electron chi connectivity index (χ4n) is 7.65. The molecule has 0 unspecified atom stereocenters. The lowest BCUT2D eigenvalue weighted by molar-refractivity contribution is -0.122. The molecule has 0 atom stereocenters. The van der Waals surface area contributed by atoms with Crippen molar-refractivity contribution in [1.82, 2.24) is 9.97 Å². The molecule has 0 bridgehead atoms. The third-order valence-electron chi connectivity index (χ3n) is 10.7. The largest absolute Gasteiger partial charge is 0.509 e. The Hall–Kier alpha value is -6.66. The molecule has 0 fully saturated rings. The van der Waals surface area contributed by atoms with Crippen LogP contribution in [-0.4, -0.2) is 21.9 Å². The Bertz CT molecular complexity index is 2480. The molecule has 0 aliphatic rings. The van der Waals surface area contributed by atoms with Crippen LogP contribution in [0.2, 0.25) is 0 Å². The minimum atomic E-state index is -1.09. The number of fused-ring (bicyclic) bond motifs is 2. The molecule has 266 valence electrons. The average Bonchev–Trinajstić information content (AvgIpc) is 3.78. The summed E-state index contributed by atoms with van der Waals surface area (Å²) in [5, 5.41) is 1.86. The van der Waals surface area contributed by atoms with Gasteiger partial charge in [-0.1, -0.05) is 158 Å². The number of hydrogen-bond donors (Lipinski definition) is 2. The van der Waals surface area contributed by atoms with Crippen LogP contribution in [0.15, 0.2) is 170 Å². The normalized spacial score (nSPS) is 11.8. The number of para-hydroxylation sites is 2. The Morgan fingerprint density at radius 1 is 0.500 bits per heavy atom. The highest BCUT2D eigenvalue weighted by Gasteiger charge is 2.38. The second-order valence-corrected chi connectivity index (χ2v) is 13.9. The average molecular weight is 709 g/mol. The van der Waals surface area contributed by atoms with Crippen LogP contribution in [0.1, 0.15) is 47.2 Å². The fraction of sp³-hybridized carbons (Fsp3) is 0.125. The summed E-state index contributed by atoms with van der Waals surface area (Å²) in [5.74, 6) is 0.0597. The maximum absolute atomic E-state index is 14.9. The predicted molar refractivity (Wildman–Crippen MR) is 214 cm³/mol. The lowest BCUT2D eigenvalue weighted by Gasteiger charge is -2.30. The quantitative estimate of drug-likeness (QED) is 0.131. The Labute approximate surface area is 314 Å². The Morgan fingerprint density at radius 3 is 1.37 bits per heavy atom. The molecule has 0 saturated heterocycles. The number of aromatic amines is 2. The number of ether oxygens (including phenoxy) is 2. The molecule has 0 radical (unpaired) electrons. The predicted octanol–water partition coefficient (Wildman–Crippen LogP) is 11.1. The molecule has 2 heterocycles. The summed E-state index contributed by atoms with van der Waals surface area (Å²) in [6.07, 6.45) is -0.640. The first kappa shape index (κ1) is 34.4. The maximum atomic E-state index is 14.9. The second-order valence-electron chi connectivity index (χ2n) is 13.9. The molecule has 2 aromatic heterocycles. The fourth-order valence-corrected chi connectivity index (χ4v) is 7.65. The topological polar surface area (TPSA) is 84.2 Å². The van der Waals surface area contributed by atoms with Crippen LogP contribution < -0.4 is 0 Å². The summed E-state index contributed by atoms with van der Waals surface area (Å²) in [7, 11) is 0. The van der Waals surface area contributed by atoms with Crippen molar-refractivity contribution in [2.24, 2.45) is 0 Å². The Balaban J connectivity index is 1.18. The number of carbonyl (C=O) groups excluding carboxylic acids is 2. The van der Waals surface area contributed by atoms with Gasteiger partial charge >= 0.3 is 6.16 Å². The number of rotatable bonds is 11. The van der Waals surface area contributed by atoms with Crippen molar-refractivity contribution in [2.75, 3.05) is 0 Å². The van der Waals surface area contributed by atoms with Gasteiger partial charge in [0.15, 0.2) is 11.4 Å². The van der Waals surface area contributed by atoms with E-state index in [4.69, 9.17) is 9.47 Å². The van der Waals surface area contributed by atoms with E-state index >= 15 is 0 Å². The summed E-state index contributed by atoms with van der Waals surface area (Å²) < 4.78 is 12.2. The van der Waals surface area contributed by atoms with Gasteiger partial charge in [-0.2, -0.15) is 0 Å². The molecule has 0 saturated carbocycles. The zero-order chi connectivity index (χ0) is 37.1. The summed E-state index contributed by atoms with van der Waals surface area (Å²) in [6, 6.07) is 55.2. The van der Waals surface area contributed by atoms with Gasteiger partial charge < -0.3 is 19.4 Å². The molecule has 54 heavy (non-hydrogen) atoms. The molecule has 6 nitrogen and oxygen atoms in total. The van der Waals surface area contributed by atoms with Gasteiger partial charge in [0, 0.05) is 33.8 Å². The highest BCUT2D eigenvalue weighted by molar-refractivity contribution is 6.02. The smallest absolute Gasteiger partial charge is 0.429 e. The zero-order valence-electron chi connectivity index (χ0n) is 30.2. The van der Waals surface area contributed by atoms with Crippen molar-refractivity contribution < 1.29 is 19.1 Å². The summed E-state index contributed by atoms with van der Waals surface area (Å²) in [4.78, 5) is 35.8. The zero-order valence-corrected chi connectivity index (χ0v) is 30.2. The van der Waals surface area contributed by atoms with Gasteiger partial charge in [0.2, 0.25) is 0 Å². The van der Waals surface area contributed by atoms with E-state index in [0.29, 0.717) is 0 Å². The second kappa shape index (κ2) is 14.4. The minimum absolute atomic E-state index is 0.0597. The van der Waals surface area contributed by atoms with E-state index in [1.165, 1.54) is 0 Å². The van der Waals surface area contributed by atoms with Crippen LogP contribution in [0, 0.1) is 0 Å². The van der Waals surface area contributed by atoms with E-state index in [0.717, 1.165) is 66.6 Å². The van der Waals surface area contributed by atoms with Gasteiger partial charge in [-0.15, -0.1) is 0 Å². The number of aromatic nitrogens is 2. The van der Waals surface area contributed by atoms with Crippen LogP contribution in [0.25, 0.3) is 33.2 Å². The van der Waals surface area contributed by atoms with Gasteiger partial charge in [-0.05, 0) is 53.8 Å². The minimum Gasteiger partial charge on any atom is -0.429 e. The third-order valence-corrected chi connectivity index (χ3v) is 10.7. The van der Waals surface area contributed by atoms with Crippen molar-refractivity contribution in [3.05, 3.63) is 203 Å². The Morgan fingerprint density at radius 2 is 0.889 bits per heavy atom. The summed E-state index contributed by atoms with van der Waals surface area (Å²) in [6.45, 7) is 3.83. The molecule has 0 aliphatic heterocycles. The summed E-state index contributed by atoms with van der Waals surface area (Å²) >= 11 is 0. The van der Waals surface area contributed by atoms with Gasteiger partial charge in [0.05, 0.1) is 16.8 Å². The molecule has 2 N–H and O–H groups in total. The molecule has 6 aromatic carbocycles. The lowest BCUT2D eigenvalue weighted by atomic mass is 9.71. The van der Waals surface area contributed by atoms with Crippen molar-refractivity contribution in [3.8, 4) is 11.4 Å². The SMILES string of the molecule is CC(OC(=O)OCc1c(-c2[nH]c3ccccc3c2CC(=O)C(C)(c2ccccc2)c2ccccc2)[nH]c2ccccc12)(c1ccccc1)c1ccccc1. The number of hydrogen-bond acceptors (Lipinski definition) is 4. The van der Waals surface area contributed by atoms with Crippen molar-refractivity contribution in [1.29, 1.82) is 0 Å². The highest BCUT2D eigenvalue weighted by Crippen LogP contribution is 2.40. The summed E-state index contributed by atoms with van der Waals surface area (Å²) in [5.41, 5.74) is 6.47. The first-order valence-corrected chi connectivity index (χ1v) is 18.2. The van der Waals surface area contributed by atoms with E-state index in [1.807, 2.05) is 184 Å². The number of Topliss-reactive ketones (excluding diaryl/α,β-unsaturated/α-hetero) is 1. The standard InChI is InChI=1S/C48H40N2O4/c1-47(33-19-7-3-8-20-33,34-21-9-4-10-22-34)43(51)31-39-37-27-15-17-29-41(37)49-44(39)45-40(38-28-16-18-30-42(38)50-45)32-53-46(52)54-48(2,35-23-11-5-12-24-35)36-25-13-6-14-26-36/h3-30,49-50H,31-32H2,1-2H3. The molecule has 0 aliphatic carbocycles. The van der Waals surface area contributed by atoms with Gasteiger partial charge in [0.1, 0.15) is 6.61 Å². The number of carbonyl (C=O) groups is 2. The van der Waals surface area contributed by atoms with E-state index in [-0.39, 0.29) is 18.8 Å². The van der Waals surface area contributed by atoms with E-state index in [1.54, 1.807) is 0 Å². The maximum Gasteiger partial charge on any atom is 0.509 e. The van der Waals surface area contributed by atoms with Crippen LogP contribution >= 0.6 is 0 Å². The molecule has 0 spiro atoms. The number of ketones is 1. The number of nitrogens with one attached hydrogen (secondary N) is 2. The number of H-pyrrole nitrogens is 2. The first-order chi connectivity index (χ1) is 26.4. The van der Waals surface area contributed by atoms with Crippen LogP contribution in [-0.2, 0) is 38.3 Å². The molecule has 8 rings (SSSR count). The van der Waals surface area contributed by atoms with Gasteiger partial charge in [-0.25, -0.2) is 4.79 Å². The lowest BCUT2D eigenvalue weighted by Crippen LogP contribution is -2.35. The van der Waals surface area contributed by atoms with Crippen molar-refractivity contribution >= 4 is 33.7 Å². The van der Waals surface area contributed by atoms with E-state index in [9.17, 15) is 9.59 Å². The monoisotopic (exact) mass is 708 g/mol. The van der Waals surface area contributed by atoms with Crippen LogP contribution in [0.5, 0.6) is 0 Å². The molecular weight excluding hydrogens is 669 g/mol.